The van der Waals surface area contributed by atoms with Crippen LogP contribution in [-0.4, -0.2) is 24.3 Å². The Labute approximate surface area is 66.1 Å². The van der Waals surface area contributed by atoms with Gasteiger partial charge in [-0.3, -0.25) is 4.79 Å². The SMILES string of the molecule is COC(=O)CCSC(F)(F)F. The zero-order valence-corrected chi connectivity index (χ0v) is 6.59. The van der Waals surface area contributed by atoms with Crippen molar-refractivity contribution in [3.63, 3.8) is 0 Å². The highest BCUT2D eigenvalue weighted by atomic mass is 32.2. The van der Waals surface area contributed by atoms with Gasteiger partial charge in [-0.1, -0.05) is 11.8 Å². The second-order valence-electron chi connectivity index (χ2n) is 1.62. The second-order valence-corrected chi connectivity index (χ2v) is 2.78. The van der Waals surface area contributed by atoms with Crippen molar-refractivity contribution in [1.29, 1.82) is 0 Å². The summed E-state index contributed by atoms with van der Waals surface area (Å²) in [4.78, 5) is 10.3. The lowest BCUT2D eigenvalue weighted by Gasteiger charge is -2.03. The van der Waals surface area contributed by atoms with E-state index in [1.807, 2.05) is 0 Å². The maximum absolute atomic E-state index is 11.4. The van der Waals surface area contributed by atoms with Crippen LogP contribution >= 0.6 is 11.8 Å². The lowest BCUT2D eigenvalue weighted by Crippen LogP contribution is -2.06. The number of methoxy groups -OCH3 is 1. The molecule has 0 aromatic heterocycles. The van der Waals surface area contributed by atoms with Gasteiger partial charge in [-0.2, -0.15) is 13.2 Å². The average molecular weight is 188 g/mol. The molecule has 0 saturated carbocycles. The molecular formula is C5H7F3O2S. The zero-order valence-electron chi connectivity index (χ0n) is 5.77. The molecule has 0 radical (unpaired) electrons. The normalized spacial score (nSPS) is 11.3. The molecule has 0 fully saturated rings. The summed E-state index contributed by atoms with van der Waals surface area (Å²) in [6.45, 7) is 0. The smallest absolute Gasteiger partial charge is 0.441 e. The number of thioether (sulfide) groups is 1. The number of alkyl halides is 3. The maximum atomic E-state index is 11.4. The molecule has 0 unspecified atom stereocenters. The van der Waals surface area contributed by atoms with Crippen molar-refractivity contribution in [3.8, 4) is 0 Å². The van der Waals surface area contributed by atoms with Crippen LogP contribution < -0.4 is 0 Å². The number of esters is 1. The summed E-state index contributed by atoms with van der Waals surface area (Å²) in [5.41, 5.74) is -4.26. The van der Waals surface area contributed by atoms with Crippen LogP contribution in [0.2, 0.25) is 0 Å². The molecule has 0 saturated heterocycles. The van der Waals surface area contributed by atoms with Gasteiger partial charge in [0.05, 0.1) is 13.5 Å². The average Bonchev–Trinajstić information content (AvgIpc) is 1.85. The van der Waals surface area contributed by atoms with Gasteiger partial charge in [0.1, 0.15) is 0 Å². The first-order chi connectivity index (χ1) is 4.95. The van der Waals surface area contributed by atoms with Gasteiger partial charge in [0.15, 0.2) is 0 Å². The van der Waals surface area contributed by atoms with Crippen LogP contribution in [0.3, 0.4) is 0 Å². The molecule has 0 spiro atoms. The van der Waals surface area contributed by atoms with Gasteiger partial charge in [-0.15, -0.1) is 0 Å². The largest absolute Gasteiger partial charge is 0.469 e. The van der Waals surface area contributed by atoms with Crippen LogP contribution in [0.5, 0.6) is 0 Å². The van der Waals surface area contributed by atoms with Gasteiger partial charge in [0.2, 0.25) is 0 Å². The molecule has 0 amide bonds. The van der Waals surface area contributed by atoms with E-state index in [0.717, 1.165) is 7.11 Å². The first kappa shape index (κ1) is 10.6. The predicted octanol–water partition coefficient (Wildman–Crippen LogP) is 1.80. The van der Waals surface area contributed by atoms with Crippen molar-refractivity contribution in [2.75, 3.05) is 12.9 Å². The summed E-state index contributed by atoms with van der Waals surface area (Å²) in [5, 5.41) is 0. The van der Waals surface area contributed by atoms with E-state index in [1.54, 1.807) is 0 Å². The van der Waals surface area contributed by atoms with Crippen LogP contribution in [0.4, 0.5) is 13.2 Å². The number of hydrogen-bond acceptors (Lipinski definition) is 3. The third-order valence-corrected chi connectivity index (χ3v) is 1.54. The molecule has 0 aliphatic rings. The molecule has 0 aliphatic carbocycles. The van der Waals surface area contributed by atoms with Gasteiger partial charge in [0.25, 0.3) is 0 Å². The lowest BCUT2D eigenvalue weighted by atomic mass is 10.5. The topological polar surface area (TPSA) is 26.3 Å². The molecule has 0 rings (SSSR count). The summed E-state index contributed by atoms with van der Waals surface area (Å²) in [6.07, 6.45) is -0.208. The van der Waals surface area contributed by atoms with E-state index in [9.17, 15) is 18.0 Å². The molecular weight excluding hydrogens is 181 g/mol. The molecule has 6 heteroatoms. The van der Waals surface area contributed by atoms with Gasteiger partial charge in [-0.05, 0) is 0 Å². The fraction of sp³-hybridized carbons (Fsp3) is 0.800. The quantitative estimate of drug-likeness (QED) is 0.632. The minimum Gasteiger partial charge on any atom is -0.469 e. The molecule has 0 aromatic carbocycles. The molecule has 0 aromatic rings. The molecule has 0 bridgehead atoms. The summed E-state index contributed by atoms with van der Waals surface area (Å²) in [6, 6.07) is 0. The summed E-state index contributed by atoms with van der Waals surface area (Å²) >= 11 is -0.224. The van der Waals surface area contributed by atoms with E-state index in [4.69, 9.17) is 0 Å². The van der Waals surface area contributed by atoms with Crippen LogP contribution in [0.15, 0.2) is 0 Å². The molecule has 0 atom stereocenters. The number of ether oxygens (including phenoxy) is 1. The van der Waals surface area contributed by atoms with E-state index in [0.29, 0.717) is 0 Å². The second kappa shape index (κ2) is 4.48. The lowest BCUT2D eigenvalue weighted by molar-refractivity contribution is -0.140. The number of halogens is 3. The van der Waals surface area contributed by atoms with Crippen molar-refractivity contribution >= 4 is 17.7 Å². The predicted molar refractivity (Wildman–Crippen MR) is 35.1 cm³/mol. The zero-order chi connectivity index (χ0) is 8.91. The monoisotopic (exact) mass is 188 g/mol. The summed E-state index contributed by atoms with van der Waals surface area (Å²) in [5.74, 6) is -0.905. The van der Waals surface area contributed by atoms with Crippen molar-refractivity contribution in [1.82, 2.24) is 0 Å². The summed E-state index contributed by atoms with van der Waals surface area (Å²) in [7, 11) is 1.14. The van der Waals surface area contributed by atoms with Gasteiger partial charge in [0, 0.05) is 5.75 Å². The van der Waals surface area contributed by atoms with Crippen molar-refractivity contribution in [2.24, 2.45) is 0 Å². The van der Waals surface area contributed by atoms with E-state index in [1.165, 1.54) is 0 Å². The van der Waals surface area contributed by atoms with E-state index in [-0.39, 0.29) is 23.9 Å². The van der Waals surface area contributed by atoms with Crippen molar-refractivity contribution in [2.45, 2.75) is 11.9 Å². The first-order valence-electron chi connectivity index (χ1n) is 2.73. The third-order valence-electron chi connectivity index (χ3n) is 0.800. The van der Waals surface area contributed by atoms with E-state index >= 15 is 0 Å². The Balaban J connectivity index is 3.35. The Kier molecular flexibility index (Phi) is 4.32. The minimum atomic E-state index is -4.26. The number of hydrogen-bond donors (Lipinski definition) is 0. The standard InChI is InChI=1S/C5H7F3O2S/c1-10-4(9)2-3-11-5(6,7)8/h2-3H2,1H3. The molecule has 0 heterocycles. The highest BCUT2D eigenvalue weighted by Crippen LogP contribution is 2.30. The van der Waals surface area contributed by atoms with Crippen LogP contribution in [0, 0.1) is 0 Å². The number of rotatable bonds is 3. The van der Waals surface area contributed by atoms with Crippen LogP contribution in [0.25, 0.3) is 0 Å². The fourth-order valence-electron chi connectivity index (χ4n) is 0.352. The van der Waals surface area contributed by atoms with Gasteiger partial charge >= 0.3 is 11.5 Å². The van der Waals surface area contributed by atoms with Gasteiger partial charge < -0.3 is 4.74 Å². The highest BCUT2D eigenvalue weighted by Gasteiger charge is 2.27. The Bertz CT molecular complexity index is 134. The third kappa shape index (κ3) is 7.51. The molecule has 0 N–H and O–H groups in total. The Morgan fingerprint density at radius 3 is 2.45 bits per heavy atom. The van der Waals surface area contributed by atoms with Crippen LogP contribution in [-0.2, 0) is 9.53 Å². The molecule has 2 nitrogen and oxygen atoms in total. The van der Waals surface area contributed by atoms with Crippen molar-refractivity contribution in [3.05, 3.63) is 0 Å². The van der Waals surface area contributed by atoms with Crippen LogP contribution in [0.1, 0.15) is 6.42 Å². The van der Waals surface area contributed by atoms with E-state index in [2.05, 4.69) is 4.74 Å². The summed E-state index contributed by atoms with van der Waals surface area (Å²) < 4.78 is 38.4. The number of carbonyl (C=O) groups excluding carboxylic acids is 1. The Hall–Kier alpha value is -0.390. The van der Waals surface area contributed by atoms with E-state index < -0.39 is 11.5 Å². The highest BCUT2D eigenvalue weighted by molar-refractivity contribution is 8.00. The molecule has 11 heavy (non-hydrogen) atoms. The fourth-order valence-corrected chi connectivity index (χ4v) is 0.852. The van der Waals surface area contributed by atoms with Crippen molar-refractivity contribution < 1.29 is 22.7 Å². The molecule has 66 valence electrons. The van der Waals surface area contributed by atoms with Gasteiger partial charge in [-0.25, -0.2) is 0 Å². The first-order valence-corrected chi connectivity index (χ1v) is 3.72. The Morgan fingerprint density at radius 2 is 2.09 bits per heavy atom. The maximum Gasteiger partial charge on any atom is 0.441 e. The Morgan fingerprint density at radius 1 is 1.55 bits per heavy atom. The molecule has 0 aliphatic heterocycles. The number of carbonyl (C=O) groups is 1. The minimum absolute atomic E-state index is 0.208.